The van der Waals surface area contributed by atoms with Gasteiger partial charge in [-0.3, -0.25) is 0 Å². The normalized spacial score (nSPS) is 20.4. The molecule has 1 heterocycles. The Balaban J connectivity index is 0.000000980. The Labute approximate surface area is 95.8 Å². The van der Waals surface area contributed by atoms with Crippen molar-refractivity contribution in [2.75, 3.05) is 14.1 Å². The number of nitrogens with zero attached hydrogens (tertiary/aromatic N) is 1. The van der Waals surface area contributed by atoms with Crippen LogP contribution >= 0.6 is 11.3 Å². The van der Waals surface area contributed by atoms with Crippen molar-refractivity contribution in [3.05, 3.63) is 15.6 Å². The number of thiazole rings is 1. The van der Waals surface area contributed by atoms with E-state index in [9.17, 15) is 0 Å². The molecule has 4 heteroatoms. The maximum absolute atomic E-state index is 4.59. The van der Waals surface area contributed by atoms with Gasteiger partial charge in [0.25, 0.3) is 0 Å². The van der Waals surface area contributed by atoms with Crippen LogP contribution in [0.4, 0.5) is 0 Å². The summed E-state index contributed by atoms with van der Waals surface area (Å²) in [7, 11) is 4.49. The predicted molar refractivity (Wildman–Crippen MR) is 55.5 cm³/mol. The zero-order chi connectivity index (χ0) is 9.42. The first-order valence-corrected chi connectivity index (χ1v) is 5.73. The average Bonchev–Trinajstić information content (AvgIpc) is 2.42. The minimum absolute atomic E-state index is 0. The van der Waals surface area contributed by atoms with Crippen LogP contribution in [0.2, 0.25) is 0 Å². The van der Waals surface area contributed by atoms with Gasteiger partial charge in [0.1, 0.15) is 0 Å². The molecule has 0 radical (unpaired) electrons. The molecular weight excluding hydrogens is 216 g/mol. The molecule has 1 aliphatic carbocycles. The van der Waals surface area contributed by atoms with Gasteiger partial charge in [-0.25, -0.2) is 4.98 Å². The van der Waals surface area contributed by atoms with Gasteiger partial charge in [0.2, 0.25) is 0 Å². The van der Waals surface area contributed by atoms with Crippen molar-refractivity contribution < 1.29 is 17.3 Å². The maximum atomic E-state index is 4.59. The van der Waals surface area contributed by atoms with E-state index in [1.54, 1.807) is 4.90 Å². The largest absolute Gasteiger partial charge is 1.00 e. The van der Waals surface area contributed by atoms with Crippen molar-refractivity contribution in [1.82, 2.24) is 4.98 Å². The SMILES string of the molecule is Cc1nc2c(s1)CCC([NH+](C)C)C2.[Cl-]. The minimum Gasteiger partial charge on any atom is -1.00 e. The van der Waals surface area contributed by atoms with E-state index in [4.69, 9.17) is 0 Å². The van der Waals surface area contributed by atoms with E-state index in [0.29, 0.717) is 0 Å². The molecule has 1 N–H and O–H groups in total. The highest BCUT2D eigenvalue weighted by atomic mass is 35.5. The van der Waals surface area contributed by atoms with Gasteiger partial charge in [-0.05, 0) is 13.3 Å². The Bertz CT molecular complexity index is 309. The van der Waals surface area contributed by atoms with Crippen LogP contribution in [-0.2, 0) is 12.8 Å². The summed E-state index contributed by atoms with van der Waals surface area (Å²) in [4.78, 5) is 7.69. The fraction of sp³-hybridized carbons (Fsp3) is 0.700. The van der Waals surface area contributed by atoms with Gasteiger partial charge < -0.3 is 17.3 Å². The highest BCUT2D eigenvalue weighted by Gasteiger charge is 2.25. The number of rotatable bonds is 1. The highest BCUT2D eigenvalue weighted by molar-refractivity contribution is 7.11. The second kappa shape index (κ2) is 4.60. The number of halogens is 1. The zero-order valence-corrected chi connectivity index (χ0v) is 10.5. The molecule has 80 valence electrons. The molecule has 0 saturated carbocycles. The second-order valence-corrected chi connectivity index (χ2v) is 5.41. The maximum Gasteiger partial charge on any atom is 0.0930 e. The summed E-state index contributed by atoms with van der Waals surface area (Å²) < 4.78 is 0. The molecule has 14 heavy (non-hydrogen) atoms. The number of quaternary nitrogens is 1. The quantitative estimate of drug-likeness (QED) is 0.565. The third-order valence-electron chi connectivity index (χ3n) is 2.86. The van der Waals surface area contributed by atoms with Crippen molar-refractivity contribution in [2.24, 2.45) is 0 Å². The van der Waals surface area contributed by atoms with Crippen molar-refractivity contribution >= 4 is 11.3 Å². The smallest absolute Gasteiger partial charge is 0.0930 e. The monoisotopic (exact) mass is 232 g/mol. The average molecular weight is 233 g/mol. The van der Waals surface area contributed by atoms with Crippen LogP contribution in [0.1, 0.15) is 22.0 Å². The van der Waals surface area contributed by atoms with Gasteiger partial charge in [-0.1, -0.05) is 0 Å². The number of fused-ring (bicyclic) bond motifs is 1. The van der Waals surface area contributed by atoms with Crippen LogP contribution in [0.3, 0.4) is 0 Å². The lowest BCUT2D eigenvalue weighted by Gasteiger charge is -2.24. The van der Waals surface area contributed by atoms with E-state index in [1.807, 2.05) is 11.3 Å². The fourth-order valence-corrected chi connectivity index (χ4v) is 2.98. The molecule has 1 unspecified atom stereocenters. The molecule has 0 bridgehead atoms. The molecule has 0 aliphatic heterocycles. The van der Waals surface area contributed by atoms with Crippen molar-refractivity contribution in [1.29, 1.82) is 0 Å². The van der Waals surface area contributed by atoms with Crippen LogP contribution in [0.5, 0.6) is 0 Å². The standard InChI is InChI=1S/C10H16N2S.ClH/c1-7-11-9-6-8(12(2)3)4-5-10(9)13-7;/h8H,4-6H2,1-3H3;1H. The Morgan fingerprint density at radius 3 is 2.79 bits per heavy atom. The van der Waals surface area contributed by atoms with Crippen molar-refractivity contribution in [2.45, 2.75) is 32.2 Å². The molecule has 0 amide bonds. The van der Waals surface area contributed by atoms with E-state index in [-0.39, 0.29) is 12.4 Å². The Morgan fingerprint density at radius 1 is 1.43 bits per heavy atom. The zero-order valence-electron chi connectivity index (χ0n) is 8.93. The fourth-order valence-electron chi connectivity index (χ4n) is 2.00. The van der Waals surface area contributed by atoms with Gasteiger partial charge in [0, 0.05) is 17.7 Å². The Kier molecular flexibility index (Phi) is 3.93. The van der Waals surface area contributed by atoms with E-state index in [2.05, 4.69) is 26.0 Å². The second-order valence-electron chi connectivity index (χ2n) is 4.12. The van der Waals surface area contributed by atoms with Crippen LogP contribution in [0.25, 0.3) is 0 Å². The molecule has 0 aromatic carbocycles. The molecule has 0 fully saturated rings. The number of hydrogen-bond acceptors (Lipinski definition) is 2. The van der Waals surface area contributed by atoms with Gasteiger partial charge in [-0.15, -0.1) is 11.3 Å². The number of nitrogens with one attached hydrogen (secondary N) is 1. The molecule has 1 aromatic rings. The molecule has 0 saturated heterocycles. The Morgan fingerprint density at radius 2 is 2.14 bits per heavy atom. The van der Waals surface area contributed by atoms with Crippen LogP contribution in [-0.4, -0.2) is 25.1 Å². The summed E-state index contributed by atoms with van der Waals surface area (Å²) in [6, 6.07) is 0.786. The van der Waals surface area contributed by atoms with Crippen LogP contribution in [0, 0.1) is 6.92 Å². The third-order valence-corrected chi connectivity index (χ3v) is 3.93. The summed E-state index contributed by atoms with van der Waals surface area (Å²) >= 11 is 1.88. The van der Waals surface area contributed by atoms with E-state index < -0.39 is 0 Å². The van der Waals surface area contributed by atoms with Gasteiger partial charge in [0.05, 0.1) is 30.8 Å². The first-order valence-electron chi connectivity index (χ1n) is 4.92. The molecule has 1 aromatic heterocycles. The molecule has 0 spiro atoms. The van der Waals surface area contributed by atoms with Gasteiger partial charge in [0.15, 0.2) is 0 Å². The summed E-state index contributed by atoms with van der Waals surface area (Å²) in [5, 5.41) is 1.24. The number of likely N-dealkylation sites (N-methyl/N-ethyl adjacent to an activating group) is 1. The van der Waals surface area contributed by atoms with Crippen LogP contribution < -0.4 is 17.3 Å². The summed E-state index contributed by atoms with van der Waals surface area (Å²) in [5.74, 6) is 0. The molecule has 2 nitrogen and oxygen atoms in total. The molecule has 1 atom stereocenters. The first kappa shape index (κ1) is 12.0. The number of aromatic nitrogens is 1. The lowest BCUT2D eigenvalue weighted by molar-refractivity contribution is -0.886. The van der Waals surface area contributed by atoms with Gasteiger partial charge >= 0.3 is 0 Å². The highest BCUT2D eigenvalue weighted by Crippen LogP contribution is 2.25. The molecular formula is C10H17ClN2S. The van der Waals surface area contributed by atoms with E-state index in [1.165, 1.54) is 34.8 Å². The first-order chi connectivity index (χ1) is 6.16. The van der Waals surface area contributed by atoms with E-state index >= 15 is 0 Å². The van der Waals surface area contributed by atoms with E-state index in [0.717, 1.165) is 6.04 Å². The molecule has 2 rings (SSSR count). The van der Waals surface area contributed by atoms with Crippen molar-refractivity contribution in [3.63, 3.8) is 0 Å². The lowest BCUT2D eigenvalue weighted by atomic mass is 9.97. The number of aryl methyl sites for hydroxylation is 2. The third kappa shape index (κ3) is 2.27. The summed E-state index contributed by atoms with van der Waals surface area (Å²) in [6.07, 6.45) is 3.76. The van der Waals surface area contributed by atoms with Crippen molar-refractivity contribution in [3.8, 4) is 0 Å². The summed E-state index contributed by atoms with van der Waals surface area (Å²) in [5.41, 5.74) is 1.37. The topological polar surface area (TPSA) is 17.3 Å². The van der Waals surface area contributed by atoms with Gasteiger partial charge in [-0.2, -0.15) is 0 Å². The predicted octanol–water partition coefficient (Wildman–Crippen LogP) is -2.54. The molecule has 1 aliphatic rings. The number of hydrogen-bond donors (Lipinski definition) is 1. The minimum atomic E-state index is 0. The lowest BCUT2D eigenvalue weighted by Crippen LogP contribution is -3.10. The summed E-state index contributed by atoms with van der Waals surface area (Å²) in [6.45, 7) is 2.11. The Hall–Kier alpha value is -0.120. The van der Waals surface area contributed by atoms with Crippen LogP contribution in [0.15, 0.2) is 0 Å².